The van der Waals surface area contributed by atoms with Gasteiger partial charge in [-0.1, -0.05) is 0 Å². The summed E-state index contributed by atoms with van der Waals surface area (Å²) < 4.78 is 0. The van der Waals surface area contributed by atoms with Crippen LogP contribution in [0.4, 0.5) is 0 Å². The lowest BCUT2D eigenvalue weighted by Gasteiger charge is -2.20. The van der Waals surface area contributed by atoms with Gasteiger partial charge in [-0.05, 0) is 48.5 Å². The van der Waals surface area contributed by atoms with Gasteiger partial charge in [0, 0.05) is 24.2 Å². The maximum Gasteiger partial charge on any atom is 0.0409 e. The van der Waals surface area contributed by atoms with Gasteiger partial charge in [-0.25, -0.2) is 0 Å². The molecule has 80 valence electrons. The van der Waals surface area contributed by atoms with Gasteiger partial charge in [-0.15, -0.1) is 11.3 Å². The molecular weight excluding hydrogens is 204 g/mol. The Morgan fingerprint density at radius 1 is 1.33 bits per heavy atom. The van der Waals surface area contributed by atoms with Crippen LogP contribution in [0.2, 0.25) is 0 Å². The fourth-order valence-corrected chi connectivity index (χ4v) is 3.34. The van der Waals surface area contributed by atoms with Gasteiger partial charge in [0.05, 0.1) is 0 Å². The Bertz CT molecular complexity index is 375. The molecule has 0 saturated carbocycles. The summed E-state index contributed by atoms with van der Waals surface area (Å²) in [5.41, 5.74) is 2.95. The average Bonchev–Trinajstić information content (AvgIpc) is 2.87. The first-order chi connectivity index (χ1) is 7.43. The highest BCUT2D eigenvalue weighted by molar-refractivity contribution is 7.11. The van der Waals surface area contributed by atoms with E-state index in [2.05, 4.69) is 27.9 Å². The van der Waals surface area contributed by atoms with Crippen molar-refractivity contribution in [2.75, 3.05) is 19.6 Å². The molecular formula is C12H16N2S. The summed E-state index contributed by atoms with van der Waals surface area (Å²) >= 11 is 1.88. The first-order valence-corrected chi connectivity index (χ1v) is 6.53. The summed E-state index contributed by atoms with van der Waals surface area (Å²) in [6.07, 6.45) is 4.95. The highest BCUT2D eigenvalue weighted by Crippen LogP contribution is 2.29. The van der Waals surface area contributed by atoms with Crippen molar-refractivity contribution in [3.8, 4) is 0 Å². The molecule has 1 fully saturated rings. The highest BCUT2D eigenvalue weighted by Gasteiger charge is 2.18. The molecule has 0 unspecified atom stereocenters. The second kappa shape index (κ2) is 3.99. The molecule has 1 saturated heterocycles. The van der Waals surface area contributed by atoms with E-state index >= 15 is 0 Å². The zero-order valence-corrected chi connectivity index (χ0v) is 9.65. The fraction of sp³-hybridized carbons (Fsp3) is 0.500. The smallest absolute Gasteiger partial charge is 0.0409 e. The van der Waals surface area contributed by atoms with Crippen molar-refractivity contribution in [2.24, 2.45) is 0 Å². The Labute approximate surface area is 94.6 Å². The highest BCUT2D eigenvalue weighted by atomic mass is 32.1. The number of likely N-dealkylation sites (tertiary alicyclic amines) is 1. The van der Waals surface area contributed by atoms with Crippen LogP contribution in [-0.4, -0.2) is 24.5 Å². The van der Waals surface area contributed by atoms with Crippen LogP contribution in [0.1, 0.15) is 23.3 Å². The topological polar surface area (TPSA) is 15.3 Å². The lowest BCUT2D eigenvalue weighted by atomic mass is 10.1. The Morgan fingerprint density at radius 2 is 2.20 bits per heavy atom. The minimum Gasteiger partial charge on any atom is -0.386 e. The molecule has 0 bridgehead atoms. The predicted molar refractivity (Wildman–Crippen MR) is 64.8 cm³/mol. The molecule has 1 N–H and O–H groups in total. The number of nitrogens with one attached hydrogen (secondary N) is 1. The molecule has 3 heterocycles. The molecule has 3 rings (SSSR count). The van der Waals surface area contributed by atoms with Gasteiger partial charge in [-0.2, -0.15) is 0 Å². The maximum absolute atomic E-state index is 3.37. The Hall–Kier alpha value is -0.800. The van der Waals surface area contributed by atoms with Gasteiger partial charge < -0.3 is 5.32 Å². The number of hydrogen-bond donors (Lipinski definition) is 1. The lowest BCUT2D eigenvalue weighted by molar-refractivity contribution is 0.382. The zero-order chi connectivity index (χ0) is 10.1. The molecule has 0 aliphatic carbocycles. The van der Waals surface area contributed by atoms with Gasteiger partial charge in [0.1, 0.15) is 0 Å². The van der Waals surface area contributed by atoms with Crippen LogP contribution < -0.4 is 5.32 Å². The van der Waals surface area contributed by atoms with Crippen molar-refractivity contribution in [3.05, 3.63) is 28.1 Å². The Morgan fingerprint density at radius 3 is 3.07 bits per heavy atom. The molecule has 0 radical (unpaired) electrons. The fourth-order valence-electron chi connectivity index (χ4n) is 2.41. The average molecular weight is 220 g/mol. The van der Waals surface area contributed by atoms with Gasteiger partial charge in [-0.3, -0.25) is 4.90 Å². The predicted octanol–water partition coefficient (Wildman–Crippen LogP) is 2.29. The maximum atomic E-state index is 3.37. The van der Waals surface area contributed by atoms with E-state index in [-0.39, 0.29) is 0 Å². The van der Waals surface area contributed by atoms with Gasteiger partial charge in [0.15, 0.2) is 0 Å². The number of thiophene rings is 1. The van der Waals surface area contributed by atoms with E-state index in [4.69, 9.17) is 0 Å². The number of nitrogens with zero attached hydrogens (tertiary/aromatic N) is 1. The van der Waals surface area contributed by atoms with Crippen LogP contribution >= 0.6 is 11.3 Å². The third-order valence-electron chi connectivity index (χ3n) is 3.20. The normalized spacial score (nSPS) is 20.9. The molecule has 2 aliphatic heterocycles. The summed E-state index contributed by atoms with van der Waals surface area (Å²) in [6.45, 7) is 4.68. The van der Waals surface area contributed by atoms with Crippen LogP contribution in [0.3, 0.4) is 0 Å². The SMILES string of the molecule is C1=C(CN2CCCC2)c2sccc2CN1. The first-order valence-electron chi connectivity index (χ1n) is 5.65. The molecule has 0 amide bonds. The second-order valence-electron chi connectivity index (χ2n) is 4.31. The van der Waals surface area contributed by atoms with E-state index in [1.165, 1.54) is 41.9 Å². The molecule has 2 nitrogen and oxygen atoms in total. The van der Waals surface area contributed by atoms with Gasteiger partial charge >= 0.3 is 0 Å². The Kier molecular flexibility index (Phi) is 2.51. The summed E-state index contributed by atoms with van der Waals surface area (Å²) in [5.74, 6) is 0. The summed E-state index contributed by atoms with van der Waals surface area (Å²) in [6, 6.07) is 2.24. The van der Waals surface area contributed by atoms with Crippen molar-refractivity contribution in [3.63, 3.8) is 0 Å². The van der Waals surface area contributed by atoms with Crippen molar-refractivity contribution < 1.29 is 0 Å². The standard InChI is InChI=1S/C12H16N2S/c1-2-5-14(4-1)9-11-8-13-7-10-3-6-15-12(10)11/h3,6,8,13H,1-2,4-5,7,9H2. The lowest BCUT2D eigenvalue weighted by Crippen LogP contribution is -2.24. The Balaban J connectivity index is 1.78. The van der Waals surface area contributed by atoms with E-state index in [9.17, 15) is 0 Å². The molecule has 15 heavy (non-hydrogen) atoms. The van der Waals surface area contributed by atoms with Crippen LogP contribution in [0.15, 0.2) is 17.6 Å². The van der Waals surface area contributed by atoms with Crippen LogP contribution in [0, 0.1) is 0 Å². The quantitative estimate of drug-likeness (QED) is 0.822. The molecule has 2 aliphatic rings. The van der Waals surface area contributed by atoms with Crippen LogP contribution in [0.25, 0.3) is 5.57 Å². The summed E-state index contributed by atoms with van der Waals surface area (Å²) in [5, 5.41) is 5.57. The minimum absolute atomic E-state index is 1.00. The zero-order valence-electron chi connectivity index (χ0n) is 8.83. The minimum atomic E-state index is 1.00. The van der Waals surface area contributed by atoms with Crippen LogP contribution in [-0.2, 0) is 6.54 Å². The van der Waals surface area contributed by atoms with Crippen molar-refractivity contribution in [1.29, 1.82) is 0 Å². The molecule has 0 atom stereocenters. The number of rotatable bonds is 2. The van der Waals surface area contributed by atoms with Crippen molar-refractivity contribution >= 4 is 16.9 Å². The van der Waals surface area contributed by atoms with E-state index < -0.39 is 0 Å². The van der Waals surface area contributed by atoms with Crippen molar-refractivity contribution in [2.45, 2.75) is 19.4 Å². The van der Waals surface area contributed by atoms with E-state index in [0.717, 1.165) is 13.1 Å². The first kappa shape index (κ1) is 9.43. The molecule has 3 heteroatoms. The van der Waals surface area contributed by atoms with E-state index in [1.54, 1.807) is 0 Å². The number of fused-ring (bicyclic) bond motifs is 1. The largest absolute Gasteiger partial charge is 0.386 e. The molecule has 0 aromatic carbocycles. The van der Waals surface area contributed by atoms with E-state index in [1.807, 2.05) is 11.3 Å². The van der Waals surface area contributed by atoms with Crippen LogP contribution in [0.5, 0.6) is 0 Å². The van der Waals surface area contributed by atoms with E-state index in [0.29, 0.717) is 0 Å². The molecule has 1 aromatic rings. The summed E-state index contributed by atoms with van der Waals surface area (Å²) in [7, 11) is 0. The van der Waals surface area contributed by atoms with Crippen molar-refractivity contribution in [1.82, 2.24) is 10.2 Å². The third-order valence-corrected chi connectivity index (χ3v) is 4.23. The molecule has 1 aromatic heterocycles. The van der Waals surface area contributed by atoms with Gasteiger partial charge in [0.25, 0.3) is 0 Å². The molecule has 0 spiro atoms. The summed E-state index contributed by atoms with van der Waals surface area (Å²) in [4.78, 5) is 4.06. The van der Waals surface area contributed by atoms with Gasteiger partial charge in [0.2, 0.25) is 0 Å². The second-order valence-corrected chi connectivity index (χ2v) is 5.22. The number of hydrogen-bond acceptors (Lipinski definition) is 3. The monoisotopic (exact) mass is 220 g/mol. The third kappa shape index (κ3) is 1.82.